The summed E-state index contributed by atoms with van der Waals surface area (Å²) in [7, 11) is -3.46. The molecule has 3 saturated heterocycles. The molecule has 3 aliphatic rings. The van der Waals surface area contributed by atoms with Crippen molar-refractivity contribution in [3.8, 4) is 0 Å². The lowest BCUT2D eigenvalue weighted by Crippen LogP contribution is -2.52. The van der Waals surface area contributed by atoms with Gasteiger partial charge < -0.3 is 14.7 Å². The van der Waals surface area contributed by atoms with Crippen LogP contribution < -0.4 is 9.80 Å². The van der Waals surface area contributed by atoms with Crippen molar-refractivity contribution in [2.45, 2.75) is 30.6 Å². The second-order valence-corrected chi connectivity index (χ2v) is 12.5. The number of sulfonamides is 1. The molecule has 0 N–H and O–H groups in total. The fraction of sp³-hybridized carbons (Fsp3) is 0.448. The molecular formula is C29H35N5O3S. The van der Waals surface area contributed by atoms with Crippen molar-refractivity contribution >= 4 is 38.3 Å². The van der Waals surface area contributed by atoms with Crippen molar-refractivity contribution in [2.24, 2.45) is 5.92 Å². The van der Waals surface area contributed by atoms with Gasteiger partial charge in [-0.25, -0.2) is 13.4 Å². The van der Waals surface area contributed by atoms with Crippen molar-refractivity contribution < 1.29 is 13.2 Å². The van der Waals surface area contributed by atoms with Crippen LogP contribution in [0.15, 0.2) is 65.6 Å². The zero-order valence-electron chi connectivity index (χ0n) is 21.7. The Kier molecular flexibility index (Phi) is 6.97. The highest BCUT2D eigenvalue weighted by Gasteiger charge is 2.32. The maximum atomic E-state index is 13.4. The van der Waals surface area contributed by atoms with E-state index >= 15 is 0 Å². The predicted molar refractivity (Wildman–Crippen MR) is 150 cm³/mol. The third kappa shape index (κ3) is 4.97. The van der Waals surface area contributed by atoms with Crippen LogP contribution in [0, 0.1) is 5.92 Å². The molecule has 1 amide bonds. The average Bonchev–Trinajstić information content (AvgIpc) is 3.53. The maximum Gasteiger partial charge on any atom is 0.243 e. The summed E-state index contributed by atoms with van der Waals surface area (Å²) in [6.45, 7) is 5.93. The minimum absolute atomic E-state index is 0.0301. The first-order chi connectivity index (χ1) is 18.5. The summed E-state index contributed by atoms with van der Waals surface area (Å²) in [5.41, 5.74) is 1.99. The molecule has 3 aliphatic heterocycles. The number of fused-ring (bicyclic) bond motifs is 1. The number of hydrogen-bond donors (Lipinski definition) is 0. The Morgan fingerprint density at radius 1 is 0.789 bits per heavy atom. The second kappa shape index (κ2) is 10.5. The number of benzene rings is 2. The molecule has 8 nitrogen and oxygen atoms in total. The Bertz CT molecular complexity index is 1400. The molecule has 4 heterocycles. The number of piperidine rings is 1. The summed E-state index contributed by atoms with van der Waals surface area (Å²) in [6, 6.07) is 19.5. The first kappa shape index (κ1) is 25.1. The minimum Gasteiger partial charge on any atom is -0.368 e. The number of pyridine rings is 1. The van der Waals surface area contributed by atoms with Crippen LogP contribution in [0.25, 0.3) is 10.9 Å². The standard InChI is InChI=1S/C29H35N5O3S/c35-29(32-19-17-31(18-20-32)25-8-2-1-3-9-25)24-7-6-14-33(22-24)28-13-10-23-21-26(11-12-27(23)30-28)38(36,37)34-15-4-5-16-34/h1-3,8-13,21,24H,4-7,14-20,22H2/t24-/m1/s1. The number of carbonyl (C=O) groups excluding carboxylic acids is 1. The Morgan fingerprint density at radius 3 is 2.32 bits per heavy atom. The summed E-state index contributed by atoms with van der Waals surface area (Å²) in [5.74, 6) is 1.07. The van der Waals surface area contributed by atoms with Gasteiger partial charge in [-0.05, 0) is 68.1 Å². The first-order valence-corrected chi connectivity index (χ1v) is 15.2. The molecule has 0 radical (unpaired) electrons. The number of piperazine rings is 1. The van der Waals surface area contributed by atoms with Gasteiger partial charge >= 0.3 is 0 Å². The number of anilines is 2. The average molecular weight is 534 g/mol. The van der Waals surface area contributed by atoms with Gasteiger partial charge in [0.1, 0.15) is 5.82 Å². The van der Waals surface area contributed by atoms with Crippen LogP contribution in [0.5, 0.6) is 0 Å². The van der Waals surface area contributed by atoms with E-state index in [-0.39, 0.29) is 11.8 Å². The molecule has 0 spiro atoms. The highest BCUT2D eigenvalue weighted by molar-refractivity contribution is 7.89. The van der Waals surface area contributed by atoms with E-state index in [9.17, 15) is 13.2 Å². The molecule has 200 valence electrons. The fourth-order valence-electron chi connectivity index (χ4n) is 5.98. The normalized spacial score (nSPS) is 21.3. The van der Waals surface area contributed by atoms with Gasteiger partial charge in [-0.1, -0.05) is 18.2 Å². The van der Waals surface area contributed by atoms with E-state index in [2.05, 4.69) is 34.1 Å². The molecule has 9 heteroatoms. The Morgan fingerprint density at radius 2 is 1.55 bits per heavy atom. The van der Waals surface area contributed by atoms with E-state index in [1.807, 2.05) is 23.1 Å². The Hall–Kier alpha value is -3.17. The zero-order chi connectivity index (χ0) is 26.1. The van der Waals surface area contributed by atoms with Gasteiger partial charge in [-0.15, -0.1) is 0 Å². The topological polar surface area (TPSA) is 77.1 Å². The van der Waals surface area contributed by atoms with E-state index in [0.29, 0.717) is 24.5 Å². The molecule has 6 rings (SSSR count). The van der Waals surface area contributed by atoms with Crippen LogP contribution in [0.1, 0.15) is 25.7 Å². The summed E-state index contributed by atoms with van der Waals surface area (Å²) >= 11 is 0. The lowest BCUT2D eigenvalue weighted by molar-refractivity contribution is -0.136. The predicted octanol–water partition coefficient (Wildman–Crippen LogP) is 3.58. The highest BCUT2D eigenvalue weighted by atomic mass is 32.2. The third-order valence-electron chi connectivity index (χ3n) is 8.16. The smallest absolute Gasteiger partial charge is 0.243 e. The van der Waals surface area contributed by atoms with E-state index < -0.39 is 10.0 Å². The van der Waals surface area contributed by atoms with Gasteiger partial charge in [-0.2, -0.15) is 4.31 Å². The number of nitrogens with zero attached hydrogens (tertiary/aromatic N) is 5. The monoisotopic (exact) mass is 533 g/mol. The van der Waals surface area contributed by atoms with Crippen molar-refractivity contribution in [1.82, 2.24) is 14.2 Å². The molecule has 2 aromatic carbocycles. The summed E-state index contributed by atoms with van der Waals surface area (Å²) < 4.78 is 27.5. The number of para-hydroxylation sites is 1. The molecular weight excluding hydrogens is 498 g/mol. The van der Waals surface area contributed by atoms with E-state index in [1.165, 1.54) is 5.69 Å². The molecule has 0 bridgehead atoms. The van der Waals surface area contributed by atoms with E-state index in [4.69, 9.17) is 4.98 Å². The van der Waals surface area contributed by atoms with Crippen LogP contribution >= 0.6 is 0 Å². The van der Waals surface area contributed by atoms with Crippen LogP contribution in [0.3, 0.4) is 0 Å². The SMILES string of the molecule is O=C([C@@H]1CCCN(c2ccc3cc(S(=O)(=O)N4CCCC4)ccc3n2)C1)N1CCN(c2ccccc2)CC1. The molecule has 0 aliphatic carbocycles. The highest BCUT2D eigenvalue weighted by Crippen LogP contribution is 2.28. The van der Waals surface area contributed by atoms with Crippen LogP contribution in [-0.2, 0) is 14.8 Å². The lowest BCUT2D eigenvalue weighted by atomic mass is 9.96. The van der Waals surface area contributed by atoms with E-state index in [1.54, 1.807) is 22.5 Å². The number of hydrogen-bond acceptors (Lipinski definition) is 6. The number of carbonyl (C=O) groups is 1. The van der Waals surface area contributed by atoms with Crippen molar-refractivity contribution in [3.63, 3.8) is 0 Å². The largest absolute Gasteiger partial charge is 0.368 e. The van der Waals surface area contributed by atoms with Crippen molar-refractivity contribution in [1.29, 1.82) is 0 Å². The molecule has 0 unspecified atom stereocenters. The molecule has 1 aromatic heterocycles. The molecule has 38 heavy (non-hydrogen) atoms. The molecule has 3 aromatic rings. The van der Waals surface area contributed by atoms with Crippen LogP contribution in [0.2, 0.25) is 0 Å². The Balaban J connectivity index is 1.12. The van der Waals surface area contributed by atoms with Gasteiger partial charge in [0.25, 0.3) is 0 Å². The van der Waals surface area contributed by atoms with Crippen LogP contribution in [0.4, 0.5) is 11.5 Å². The lowest BCUT2D eigenvalue weighted by Gasteiger charge is -2.40. The minimum atomic E-state index is -3.46. The number of aromatic nitrogens is 1. The molecule has 3 fully saturated rings. The van der Waals surface area contributed by atoms with Gasteiger partial charge in [0.05, 0.1) is 16.3 Å². The second-order valence-electron chi connectivity index (χ2n) is 10.6. The fourth-order valence-corrected chi connectivity index (χ4v) is 7.53. The van der Waals surface area contributed by atoms with Crippen molar-refractivity contribution in [3.05, 3.63) is 60.7 Å². The Labute approximate surface area is 224 Å². The van der Waals surface area contributed by atoms with Gasteiger partial charge in [-0.3, -0.25) is 4.79 Å². The number of amides is 1. The quantitative estimate of drug-likeness (QED) is 0.499. The van der Waals surface area contributed by atoms with Crippen LogP contribution in [-0.4, -0.2) is 80.9 Å². The van der Waals surface area contributed by atoms with Crippen molar-refractivity contribution in [2.75, 3.05) is 62.2 Å². The first-order valence-electron chi connectivity index (χ1n) is 13.7. The van der Waals surface area contributed by atoms with Gasteiger partial charge in [0, 0.05) is 63.4 Å². The number of rotatable bonds is 5. The molecule has 1 atom stereocenters. The third-order valence-corrected chi connectivity index (χ3v) is 10.1. The summed E-state index contributed by atoms with van der Waals surface area (Å²) in [5, 5.41) is 0.815. The summed E-state index contributed by atoms with van der Waals surface area (Å²) in [4.78, 5) is 25.2. The zero-order valence-corrected chi connectivity index (χ0v) is 22.5. The van der Waals surface area contributed by atoms with E-state index in [0.717, 1.165) is 75.1 Å². The maximum absolute atomic E-state index is 13.4. The van der Waals surface area contributed by atoms with Gasteiger partial charge in [0.15, 0.2) is 0 Å². The summed E-state index contributed by atoms with van der Waals surface area (Å²) in [6.07, 6.45) is 3.69. The van der Waals surface area contributed by atoms with Gasteiger partial charge in [0.2, 0.25) is 15.9 Å². The molecule has 0 saturated carbocycles.